The van der Waals surface area contributed by atoms with Crippen molar-refractivity contribution in [3.63, 3.8) is 0 Å². The number of aromatic nitrogens is 2. The number of nitrogens with zero attached hydrogens (tertiary/aromatic N) is 1. The number of hydrogen-bond donors (Lipinski definition) is 1. The molecular formula is C14H11FN2O. The van der Waals surface area contributed by atoms with E-state index in [2.05, 4.69) is 10.2 Å². The predicted octanol–water partition coefficient (Wildman–Crippen LogP) is 3.38. The molecule has 0 saturated carbocycles. The summed E-state index contributed by atoms with van der Waals surface area (Å²) in [5, 5.41) is 7.92. The van der Waals surface area contributed by atoms with E-state index in [1.807, 2.05) is 18.2 Å². The molecule has 0 aliphatic heterocycles. The molecule has 2 aromatic carbocycles. The second-order valence-electron chi connectivity index (χ2n) is 3.96. The van der Waals surface area contributed by atoms with Gasteiger partial charge in [-0.2, -0.15) is 5.10 Å². The molecule has 0 atom stereocenters. The summed E-state index contributed by atoms with van der Waals surface area (Å²) in [4.78, 5) is 0. The normalized spacial score (nSPS) is 10.8. The molecule has 1 aromatic heterocycles. The van der Waals surface area contributed by atoms with E-state index in [0.29, 0.717) is 11.3 Å². The highest BCUT2D eigenvalue weighted by Crippen LogP contribution is 2.30. The fourth-order valence-corrected chi connectivity index (χ4v) is 1.98. The maximum atomic E-state index is 13.8. The Hall–Kier alpha value is -2.36. The molecule has 90 valence electrons. The van der Waals surface area contributed by atoms with Crippen molar-refractivity contribution >= 4 is 10.9 Å². The van der Waals surface area contributed by atoms with Crippen LogP contribution in [-0.2, 0) is 0 Å². The number of halogens is 1. The molecule has 0 aliphatic rings. The van der Waals surface area contributed by atoms with E-state index in [1.165, 1.54) is 6.07 Å². The van der Waals surface area contributed by atoms with Crippen molar-refractivity contribution in [1.29, 1.82) is 0 Å². The lowest BCUT2D eigenvalue weighted by Gasteiger charge is -2.01. The molecule has 1 N–H and O–H groups in total. The smallest absolute Gasteiger partial charge is 0.132 e. The van der Waals surface area contributed by atoms with Crippen molar-refractivity contribution in [1.82, 2.24) is 10.2 Å². The highest BCUT2D eigenvalue weighted by molar-refractivity contribution is 5.93. The quantitative estimate of drug-likeness (QED) is 0.748. The van der Waals surface area contributed by atoms with Crippen molar-refractivity contribution in [2.24, 2.45) is 0 Å². The fraction of sp³-hybridized carbons (Fsp3) is 0.0714. The van der Waals surface area contributed by atoms with Crippen LogP contribution in [0, 0.1) is 5.82 Å². The first-order chi connectivity index (χ1) is 8.79. The Labute approximate surface area is 103 Å². The molecule has 0 aliphatic carbocycles. The Morgan fingerprint density at radius 1 is 1.17 bits per heavy atom. The zero-order valence-electron chi connectivity index (χ0n) is 9.77. The maximum Gasteiger partial charge on any atom is 0.132 e. The summed E-state index contributed by atoms with van der Waals surface area (Å²) >= 11 is 0. The van der Waals surface area contributed by atoms with Crippen molar-refractivity contribution < 1.29 is 9.13 Å². The predicted molar refractivity (Wildman–Crippen MR) is 68.0 cm³/mol. The van der Waals surface area contributed by atoms with Crippen LogP contribution in [-0.4, -0.2) is 17.3 Å². The average molecular weight is 242 g/mol. The molecule has 0 radical (unpaired) electrons. The highest BCUT2D eigenvalue weighted by atomic mass is 19.1. The highest BCUT2D eigenvalue weighted by Gasteiger charge is 2.12. The van der Waals surface area contributed by atoms with E-state index >= 15 is 0 Å². The van der Waals surface area contributed by atoms with Gasteiger partial charge in [0.15, 0.2) is 0 Å². The van der Waals surface area contributed by atoms with Gasteiger partial charge in [-0.15, -0.1) is 0 Å². The molecule has 0 spiro atoms. The first kappa shape index (κ1) is 10.8. The van der Waals surface area contributed by atoms with E-state index < -0.39 is 0 Å². The molecule has 4 heteroatoms. The standard InChI is InChI=1S/C14H11FN2O/c1-18-9-6-7-13-11(8-9)14(17-16-13)10-4-2-3-5-12(10)15/h2-8H,1H3,(H,16,17). The zero-order valence-corrected chi connectivity index (χ0v) is 9.77. The largest absolute Gasteiger partial charge is 0.497 e. The Balaban J connectivity index is 2.26. The van der Waals surface area contributed by atoms with Crippen LogP contribution < -0.4 is 4.74 Å². The molecule has 1 heterocycles. The number of fused-ring (bicyclic) bond motifs is 1. The number of nitrogens with one attached hydrogen (secondary N) is 1. The van der Waals surface area contributed by atoms with Gasteiger partial charge in [-0.05, 0) is 30.3 Å². The van der Waals surface area contributed by atoms with E-state index in [-0.39, 0.29) is 5.82 Å². The van der Waals surface area contributed by atoms with Crippen LogP contribution in [0.15, 0.2) is 42.5 Å². The molecule has 0 saturated heterocycles. The topological polar surface area (TPSA) is 37.9 Å². The summed E-state index contributed by atoms with van der Waals surface area (Å²) in [6.07, 6.45) is 0. The van der Waals surface area contributed by atoms with Crippen LogP contribution >= 0.6 is 0 Å². The van der Waals surface area contributed by atoms with Gasteiger partial charge in [0.05, 0.1) is 12.6 Å². The lowest BCUT2D eigenvalue weighted by molar-refractivity contribution is 0.415. The van der Waals surface area contributed by atoms with Crippen molar-refractivity contribution in [2.45, 2.75) is 0 Å². The van der Waals surface area contributed by atoms with Crippen molar-refractivity contribution in [3.8, 4) is 17.0 Å². The van der Waals surface area contributed by atoms with Crippen LogP contribution in [0.4, 0.5) is 4.39 Å². The van der Waals surface area contributed by atoms with E-state index in [0.717, 1.165) is 16.7 Å². The van der Waals surface area contributed by atoms with E-state index in [9.17, 15) is 4.39 Å². The third kappa shape index (κ3) is 1.62. The first-order valence-electron chi connectivity index (χ1n) is 5.56. The third-order valence-electron chi connectivity index (χ3n) is 2.90. The zero-order chi connectivity index (χ0) is 12.5. The molecule has 0 unspecified atom stereocenters. The first-order valence-corrected chi connectivity index (χ1v) is 5.56. The summed E-state index contributed by atoms with van der Waals surface area (Å²) < 4.78 is 19.0. The maximum absolute atomic E-state index is 13.8. The molecule has 18 heavy (non-hydrogen) atoms. The monoisotopic (exact) mass is 242 g/mol. The van der Waals surface area contributed by atoms with Gasteiger partial charge in [-0.3, -0.25) is 5.10 Å². The Morgan fingerprint density at radius 3 is 2.78 bits per heavy atom. The van der Waals surface area contributed by atoms with Crippen LogP contribution in [0.2, 0.25) is 0 Å². The summed E-state index contributed by atoms with van der Waals surface area (Å²) in [5.41, 5.74) is 1.94. The minimum absolute atomic E-state index is 0.284. The molecule has 3 nitrogen and oxygen atoms in total. The Bertz CT molecular complexity index is 706. The average Bonchev–Trinajstić information content (AvgIpc) is 2.82. The number of hydrogen-bond acceptors (Lipinski definition) is 2. The summed E-state index contributed by atoms with van der Waals surface area (Å²) in [5.74, 6) is 0.440. The summed E-state index contributed by atoms with van der Waals surface area (Å²) in [6, 6.07) is 12.1. The summed E-state index contributed by atoms with van der Waals surface area (Å²) in [7, 11) is 1.60. The number of methoxy groups -OCH3 is 1. The molecule has 0 fully saturated rings. The van der Waals surface area contributed by atoms with E-state index in [1.54, 1.807) is 25.3 Å². The second kappa shape index (κ2) is 4.14. The number of aromatic amines is 1. The van der Waals surface area contributed by atoms with Crippen LogP contribution in [0.1, 0.15) is 0 Å². The van der Waals surface area contributed by atoms with Crippen LogP contribution in [0.25, 0.3) is 22.2 Å². The van der Waals surface area contributed by atoms with Crippen molar-refractivity contribution in [2.75, 3.05) is 7.11 Å². The van der Waals surface area contributed by atoms with Gasteiger partial charge in [0, 0.05) is 10.9 Å². The summed E-state index contributed by atoms with van der Waals surface area (Å²) in [6.45, 7) is 0. The van der Waals surface area contributed by atoms with Gasteiger partial charge in [-0.25, -0.2) is 4.39 Å². The lowest BCUT2D eigenvalue weighted by atomic mass is 10.1. The minimum atomic E-state index is -0.284. The Kier molecular flexibility index (Phi) is 2.48. The number of H-pyrrole nitrogens is 1. The lowest BCUT2D eigenvalue weighted by Crippen LogP contribution is -1.85. The molecular weight excluding hydrogens is 231 g/mol. The number of ether oxygens (including phenoxy) is 1. The van der Waals surface area contributed by atoms with Gasteiger partial charge in [0.25, 0.3) is 0 Å². The number of benzene rings is 2. The van der Waals surface area contributed by atoms with Crippen LogP contribution in [0.3, 0.4) is 0 Å². The SMILES string of the molecule is COc1ccc2[nH]nc(-c3ccccc3F)c2c1. The van der Waals surface area contributed by atoms with E-state index in [4.69, 9.17) is 4.74 Å². The van der Waals surface area contributed by atoms with Gasteiger partial charge < -0.3 is 4.74 Å². The molecule has 3 aromatic rings. The van der Waals surface area contributed by atoms with Crippen LogP contribution in [0.5, 0.6) is 5.75 Å². The second-order valence-corrected chi connectivity index (χ2v) is 3.96. The molecule has 0 amide bonds. The molecule has 0 bridgehead atoms. The Morgan fingerprint density at radius 2 is 2.00 bits per heavy atom. The van der Waals surface area contributed by atoms with Gasteiger partial charge >= 0.3 is 0 Å². The van der Waals surface area contributed by atoms with Gasteiger partial charge in [0.1, 0.15) is 17.3 Å². The number of rotatable bonds is 2. The minimum Gasteiger partial charge on any atom is -0.497 e. The van der Waals surface area contributed by atoms with Gasteiger partial charge in [-0.1, -0.05) is 12.1 Å². The third-order valence-corrected chi connectivity index (χ3v) is 2.90. The van der Waals surface area contributed by atoms with Gasteiger partial charge in [0.2, 0.25) is 0 Å². The fourth-order valence-electron chi connectivity index (χ4n) is 1.98. The molecule has 3 rings (SSSR count). The van der Waals surface area contributed by atoms with Crippen molar-refractivity contribution in [3.05, 3.63) is 48.3 Å².